The van der Waals surface area contributed by atoms with Gasteiger partial charge < -0.3 is 15.4 Å². The van der Waals surface area contributed by atoms with Crippen molar-refractivity contribution in [3.05, 3.63) is 23.8 Å². The van der Waals surface area contributed by atoms with Gasteiger partial charge >= 0.3 is 6.03 Å². The summed E-state index contributed by atoms with van der Waals surface area (Å²) in [6.45, 7) is 4.84. The Hall–Kier alpha value is -2.17. The van der Waals surface area contributed by atoms with Gasteiger partial charge in [0, 0.05) is 31.2 Å². The molecule has 2 heterocycles. The number of carbonyl (C=O) groups is 2. The number of nitrogens with one attached hydrogen (secondary N) is 3. The summed E-state index contributed by atoms with van der Waals surface area (Å²) in [5.74, 6) is -0.247. The normalized spacial score (nSPS) is 27.1. The SMILES string of the molecule is COc1ccc(S(=O)(=O)N2CCNCC2C)cc1C1(C)NC(=O)NC1=O. The summed E-state index contributed by atoms with van der Waals surface area (Å²) < 4.78 is 32.9. The van der Waals surface area contributed by atoms with Crippen LogP contribution in [-0.4, -0.2) is 57.4 Å². The molecule has 1 aromatic rings. The molecule has 0 spiro atoms. The summed E-state index contributed by atoms with van der Waals surface area (Å²) in [5, 5.41) is 7.87. The number of amides is 3. The Labute approximate surface area is 152 Å². The lowest BCUT2D eigenvalue weighted by molar-refractivity contribution is -0.123. The van der Waals surface area contributed by atoms with E-state index in [0.29, 0.717) is 25.4 Å². The van der Waals surface area contributed by atoms with Crippen molar-refractivity contribution in [2.45, 2.75) is 30.3 Å². The van der Waals surface area contributed by atoms with E-state index in [1.54, 1.807) is 0 Å². The first-order valence-electron chi connectivity index (χ1n) is 8.25. The highest BCUT2D eigenvalue weighted by Gasteiger charge is 2.46. The van der Waals surface area contributed by atoms with E-state index < -0.39 is 27.5 Å². The van der Waals surface area contributed by atoms with Crippen molar-refractivity contribution in [2.24, 2.45) is 0 Å². The smallest absolute Gasteiger partial charge is 0.322 e. The number of hydrogen-bond acceptors (Lipinski definition) is 6. The van der Waals surface area contributed by atoms with E-state index in [1.807, 2.05) is 6.92 Å². The Kier molecular flexibility index (Phi) is 4.67. The fraction of sp³-hybridized carbons (Fsp3) is 0.500. The lowest BCUT2D eigenvalue weighted by Crippen LogP contribution is -2.52. The molecule has 1 aromatic carbocycles. The third-order valence-electron chi connectivity index (χ3n) is 4.80. The van der Waals surface area contributed by atoms with Crippen LogP contribution in [0.1, 0.15) is 19.4 Å². The van der Waals surface area contributed by atoms with Crippen molar-refractivity contribution in [3.63, 3.8) is 0 Å². The van der Waals surface area contributed by atoms with Crippen LogP contribution < -0.4 is 20.7 Å². The quantitative estimate of drug-likeness (QED) is 0.618. The molecule has 2 aliphatic rings. The molecule has 3 amide bonds. The second kappa shape index (κ2) is 6.53. The van der Waals surface area contributed by atoms with Gasteiger partial charge in [-0.05, 0) is 32.0 Å². The molecule has 142 valence electrons. The number of nitrogens with zero attached hydrogens (tertiary/aromatic N) is 1. The molecule has 2 unspecified atom stereocenters. The van der Waals surface area contributed by atoms with Crippen molar-refractivity contribution in [1.29, 1.82) is 0 Å². The molecule has 3 rings (SSSR count). The molecule has 3 N–H and O–H groups in total. The van der Waals surface area contributed by atoms with E-state index in [4.69, 9.17) is 4.74 Å². The van der Waals surface area contributed by atoms with Gasteiger partial charge in [0.05, 0.1) is 12.0 Å². The van der Waals surface area contributed by atoms with Crippen molar-refractivity contribution in [1.82, 2.24) is 20.3 Å². The molecule has 2 atom stereocenters. The number of urea groups is 1. The topological polar surface area (TPSA) is 117 Å². The van der Waals surface area contributed by atoms with Gasteiger partial charge in [0.25, 0.3) is 5.91 Å². The second-order valence-electron chi connectivity index (χ2n) is 6.56. The Morgan fingerprint density at radius 1 is 1.31 bits per heavy atom. The zero-order chi connectivity index (χ0) is 19.1. The first kappa shape index (κ1) is 18.6. The molecule has 0 radical (unpaired) electrons. The minimum atomic E-state index is -3.75. The number of methoxy groups -OCH3 is 1. The van der Waals surface area contributed by atoms with Gasteiger partial charge in [0.2, 0.25) is 10.0 Å². The van der Waals surface area contributed by atoms with Crippen molar-refractivity contribution in [2.75, 3.05) is 26.7 Å². The van der Waals surface area contributed by atoms with E-state index in [1.165, 1.54) is 36.5 Å². The van der Waals surface area contributed by atoms with E-state index in [0.717, 1.165) is 0 Å². The second-order valence-corrected chi connectivity index (χ2v) is 8.45. The first-order valence-corrected chi connectivity index (χ1v) is 9.69. The number of imide groups is 1. The van der Waals surface area contributed by atoms with Crippen LogP contribution in [0.15, 0.2) is 23.1 Å². The standard InChI is InChI=1S/C16H22N4O5S/c1-10-9-17-6-7-20(10)26(23,24)11-4-5-13(25-3)12(8-11)16(2)14(21)18-15(22)19-16/h4-5,8,10,17H,6-7,9H2,1-3H3,(H2,18,19,21,22). The van der Waals surface area contributed by atoms with Crippen molar-refractivity contribution >= 4 is 22.0 Å². The lowest BCUT2D eigenvalue weighted by atomic mass is 9.91. The monoisotopic (exact) mass is 382 g/mol. The van der Waals surface area contributed by atoms with Crippen LogP contribution in [0, 0.1) is 0 Å². The molecular weight excluding hydrogens is 360 g/mol. The van der Waals surface area contributed by atoms with Gasteiger partial charge in [-0.2, -0.15) is 4.31 Å². The lowest BCUT2D eigenvalue weighted by Gasteiger charge is -2.33. The molecule has 0 bridgehead atoms. The number of piperazine rings is 1. The molecule has 0 aromatic heterocycles. The van der Waals surface area contributed by atoms with Crippen molar-refractivity contribution in [3.8, 4) is 5.75 Å². The Bertz CT molecular complexity index is 856. The average molecular weight is 382 g/mol. The fourth-order valence-electron chi connectivity index (χ4n) is 3.29. The van der Waals surface area contributed by atoms with E-state index >= 15 is 0 Å². The fourth-order valence-corrected chi connectivity index (χ4v) is 4.94. The van der Waals surface area contributed by atoms with Crippen LogP contribution >= 0.6 is 0 Å². The predicted octanol–water partition coefficient (Wildman–Crippen LogP) is -0.268. The molecule has 2 saturated heterocycles. The highest BCUT2D eigenvalue weighted by molar-refractivity contribution is 7.89. The summed E-state index contributed by atoms with van der Waals surface area (Å²) in [5.41, 5.74) is -1.13. The first-order chi connectivity index (χ1) is 12.2. The molecule has 10 heteroatoms. The maximum Gasteiger partial charge on any atom is 0.322 e. The van der Waals surface area contributed by atoms with E-state index in [2.05, 4.69) is 16.0 Å². The van der Waals surface area contributed by atoms with Crippen LogP contribution in [0.3, 0.4) is 0 Å². The van der Waals surface area contributed by atoms with Gasteiger partial charge in [0.1, 0.15) is 11.3 Å². The van der Waals surface area contributed by atoms with Crippen LogP contribution in [0.4, 0.5) is 4.79 Å². The predicted molar refractivity (Wildman–Crippen MR) is 93.2 cm³/mol. The van der Waals surface area contributed by atoms with Crippen molar-refractivity contribution < 1.29 is 22.7 Å². The average Bonchev–Trinajstić information content (AvgIpc) is 2.87. The summed E-state index contributed by atoms with van der Waals surface area (Å²) >= 11 is 0. The molecule has 0 aliphatic carbocycles. The van der Waals surface area contributed by atoms with Crippen LogP contribution in [-0.2, 0) is 20.4 Å². The summed E-state index contributed by atoms with van der Waals surface area (Å²) in [6, 6.07) is 3.52. The van der Waals surface area contributed by atoms with E-state index in [-0.39, 0.29) is 16.5 Å². The van der Waals surface area contributed by atoms with Gasteiger partial charge in [-0.25, -0.2) is 13.2 Å². The zero-order valence-corrected chi connectivity index (χ0v) is 15.6. The third kappa shape index (κ3) is 2.93. The largest absolute Gasteiger partial charge is 0.496 e. The Morgan fingerprint density at radius 2 is 2.04 bits per heavy atom. The minimum absolute atomic E-state index is 0.0530. The molecular formula is C16H22N4O5S. The highest BCUT2D eigenvalue weighted by atomic mass is 32.2. The maximum absolute atomic E-state index is 13.1. The maximum atomic E-state index is 13.1. The molecule has 26 heavy (non-hydrogen) atoms. The number of carbonyl (C=O) groups excluding carboxylic acids is 2. The molecule has 0 saturated carbocycles. The highest BCUT2D eigenvalue weighted by Crippen LogP contribution is 2.35. The number of benzene rings is 1. The van der Waals surface area contributed by atoms with Crippen LogP contribution in [0.5, 0.6) is 5.75 Å². The van der Waals surface area contributed by atoms with Gasteiger partial charge in [-0.1, -0.05) is 0 Å². The number of rotatable bonds is 4. The van der Waals surface area contributed by atoms with Gasteiger partial charge in [0.15, 0.2) is 0 Å². The van der Waals surface area contributed by atoms with Gasteiger partial charge in [-0.15, -0.1) is 0 Å². The van der Waals surface area contributed by atoms with Crippen LogP contribution in [0.25, 0.3) is 0 Å². The zero-order valence-electron chi connectivity index (χ0n) is 14.8. The number of sulfonamides is 1. The number of ether oxygens (including phenoxy) is 1. The molecule has 9 nitrogen and oxygen atoms in total. The van der Waals surface area contributed by atoms with Crippen LogP contribution in [0.2, 0.25) is 0 Å². The minimum Gasteiger partial charge on any atom is -0.496 e. The number of hydrogen-bond donors (Lipinski definition) is 3. The molecule has 2 fully saturated rings. The summed E-state index contributed by atoms with van der Waals surface area (Å²) in [7, 11) is -2.33. The Balaban J connectivity index is 2.08. The molecule has 2 aliphatic heterocycles. The van der Waals surface area contributed by atoms with Gasteiger partial charge in [-0.3, -0.25) is 10.1 Å². The summed E-state index contributed by atoms with van der Waals surface area (Å²) in [4.78, 5) is 23.9. The van der Waals surface area contributed by atoms with E-state index in [9.17, 15) is 18.0 Å². The Morgan fingerprint density at radius 3 is 2.62 bits per heavy atom. The summed E-state index contributed by atoms with van der Waals surface area (Å²) in [6.07, 6.45) is 0. The third-order valence-corrected chi connectivity index (χ3v) is 6.81.